The number of methoxy groups -OCH3 is 2. The molecule has 0 N–H and O–H groups in total. The summed E-state index contributed by atoms with van der Waals surface area (Å²) in [5.74, 6) is 0.901. The molecule has 1 radical (unpaired) electrons. The molecule has 2 rings (SSSR count). The fourth-order valence-corrected chi connectivity index (χ4v) is 2.22. The number of ether oxygens (including phenoxy) is 2. The predicted molar refractivity (Wildman–Crippen MR) is 76.7 cm³/mol. The number of hydrogen-bond donors (Lipinski definition) is 0. The van der Waals surface area contributed by atoms with Gasteiger partial charge in [0, 0.05) is 16.0 Å². The number of rotatable bonds is 4. The second-order valence-corrected chi connectivity index (χ2v) is 4.62. The van der Waals surface area contributed by atoms with E-state index < -0.39 is 0 Å². The van der Waals surface area contributed by atoms with E-state index in [-0.39, 0.29) is 29.6 Å². The summed E-state index contributed by atoms with van der Waals surface area (Å²) in [6, 6.07) is 10.1. The Hall–Kier alpha value is -0.460. The molecule has 1 aromatic carbocycles. The van der Waals surface area contributed by atoms with E-state index in [2.05, 4.69) is 16.0 Å². The van der Waals surface area contributed by atoms with Crippen molar-refractivity contribution in [2.45, 2.75) is 10.1 Å². The van der Waals surface area contributed by atoms with Gasteiger partial charge in [0.2, 0.25) is 11.8 Å². The van der Waals surface area contributed by atoms with Crippen molar-refractivity contribution in [3.8, 4) is 11.8 Å². The molecule has 7 heteroatoms. The van der Waals surface area contributed by atoms with E-state index in [1.165, 1.54) is 11.8 Å². The van der Waals surface area contributed by atoms with Gasteiger partial charge < -0.3 is 9.47 Å². The zero-order valence-electron chi connectivity index (χ0n) is 9.81. The Labute approximate surface area is 143 Å². The van der Waals surface area contributed by atoms with Crippen molar-refractivity contribution in [1.82, 2.24) is 9.97 Å². The fraction of sp³-hybridized carbons (Fsp3) is 0.167. The quantitative estimate of drug-likeness (QED) is 0.641. The Morgan fingerprint density at radius 1 is 1.16 bits per heavy atom. The molecule has 0 unspecified atom stereocenters. The molecular weight excluding hydrogens is 295 g/mol. The zero-order valence-corrected chi connectivity index (χ0v) is 11.4. The maximum atomic E-state index is 5.87. The van der Waals surface area contributed by atoms with Gasteiger partial charge in [-0.1, -0.05) is 17.7 Å². The maximum absolute atomic E-state index is 5.87. The Morgan fingerprint density at radius 3 is 2.32 bits per heavy atom. The molecule has 0 saturated carbocycles. The van der Waals surface area contributed by atoms with E-state index >= 15 is 0 Å². The van der Waals surface area contributed by atoms with Crippen molar-refractivity contribution >= 4 is 52.9 Å². The van der Waals surface area contributed by atoms with Gasteiger partial charge in [-0.15, -0.1) is 0 Å². The molecule has 0 amide bonds. The third kappa shape index (κ3) is 4.85. The molecule has 0 aliphatic heterocycles. The first-order valence-electron chi connectivity index (χ1n) is 5.04. The summed E-state index contributed by atoms with van der Waals surface area (Å²) in [7, 11) is 3.09. The second kappa shape index (κ2) is 7.97. The van der Waals surface area contributed by atoms with Crippen LogP contribution in [-0.2, 0) is 0 Å². The van der Waals surface area contributed by atoms with Gasteiger partial charge in [0.15, 0.2) is 5.16 Å². The molecule has 19 heavy (non-hydrogen) atoms. The number of nitrogens with zero attached hydrogens (tertiary/aromatic N) is 2. The molecule has 0 fully saturated rings. The van der Waals surface area contributed by atoms with Gasteiger partial charge in [0.25, 0.3) is 0 Å². The summed E-state index contributed by atoms with van der Waals surface area (Å²) in [6.07, 6.45) is 0. The number of halogens is 1. The molecule has 4 nitrogen and oxygen atoms in total. The van der Waals surface area contributed by atoms with Crippen molar-refractivity contribution in [3.05, 3.63) is 35.4 Å². The molecule has 0 aliphatic carbocycles. The van der Waals surface area contributed by atoms with E-state index in [1.807, 2.05) is 12.1 Å². The molecular formula is C12H11ClN2NaO2S. The van der Waals surface area contributed by atoms with Crippen LogP contribution in [0.3, 0.4) is 0 Å². The molecule has 0 atom stereocenters. The van der Waals surface area contributed by atoms with Gasteiger partial charge in [0.1, 0.15) is 0 Å². The molecule has 2 aromatic rings. The minimum atomic E-state index is 0. The monoisotopic (exact) mass is 305 g/mol. The molecule has 95 valence electrons. The van der Waals surface area contributed by atoms with Crippen molar-refractivity contribution in [1.29, 1.82) is 0 Å². The number of benzene rings is 1. The minimum absolute atomic E-state index is 0. The van der Waals surface area contributed by atoms with Crippen molar-refractivity contribution in [2.24, 2.45) is 0 Å². The normalized spacial score (nSPS) is 9.63. The van der Waals surface area contributed by atoms with Gasteiger partial charge in [0.05, 0.1) is 20.3 Å². The molecule has 0 saturated heterocycles. The Morgan fingerprint density at radius 2 is 1.79 bits per heavy atom. The standard InChI is InChI=1S/C12H10ClN2O2S.Na.H/c1-16-10-7-11(17-2)15-12(14-10)18-9-5-3-4-8(13)6-9;;/h3-5,7H,1-2H3;;. The summed E-state index contributed by atoms with van der Waals surface area (Å²) in [6.45, 7) is 0. The van der Waals surface area contributed by atoms with Crippen LogP contribution in [0.2, 0.25) is 5.02 Å². The van der Waals surface area contributed by atoms with Crippen molar-refractivity contribution in [2.75, 3.05) is 14.2 Å². The van der Waals surface area contributed by atoms with Crippen LogP contribution in [0, 0.1) is 6.07 Å². The van der Waals surface area contributed by atoms with Gasteiger partial charge >= 0.3 is 29.6 Å². The van der Waals surface area contributed by atoms with E-state index in [1.54, 1.807) is 26.4 Å². The average Bonchev–Trinajstić information content (AvgIpc) is 2.38. The van der Waals surface area contributed by atoms with Crippen LogP contribution in [0.5, 0.6) is 11.8 Å². The summed E-state index contributed by atoms with van der Waals surface area (Å²) < 4.78 is 10.2. The summed E-state index contributed by atoms with van der Waals surface area (Å²) in [5.41, 5.74) is 0. The van der Waals surface area contributed by atoms with Crippen molar-refractivity contribution < 1.29 is 9.47 Å². The van der Waals surface area contributed by atoms with Crippen LogP contribution in [0.15, 0.2) is 34.3 Å². The molecule has 0 spiro atoms. The number of aromatic nitrogens is 2. The van der Waals surface area contributed by atoms with Gasteiger partial charge in [-0.05, 0) is 23.9 Å². The van der Waals surface area contributed by atoms with Crippen LogP contribution in [0.25, 0.3) is 0 Å². The van der Waals surface area contributed by atoms with Gasteiger partial charge in [-0.25, -0.2) is 0 Å². The van der Waals surface area contributed by atoms with Crippen LogP contribution >= 0.6 is 23.4 Å². The van der Waals surface area contributed by atoms with Crippen LogP contribution in [0.4, 0.5) is 0 Å². The second-order valence-electron chi connectivity index (χ2n) is 3.20. The molecule has 1 aromatic heterocycles. The van der Waals surface area contributed by atoms with Gasteiger partial charge in [-0.2, -0.15) is 9.97 Å². The Bertz CT molecular complexity index is 535. The fourth-order valence-electron chi connectivity index (χ4n) is 1.22. The Balaban J connectivity index is 0.00000180. The Kier molecular flexibility index (Phi) is 6.96. The van der Waals surface area contributed by atoms with E-state index in [9.17, 15) is 0 Å². The van der Waals surface area contributed by atoms with Gasteiger partial charge in [-0.3, -0.25) is 0 Å². The SMILES string of the molecule is COc1cc(OC)nc(Sc2[c]c(Cl)ccc2)n1.[NaH]. The molecule has 0 bridgehead atoms. The molecule has 1 heterocycles. The van der Waals surface area contributed by atoms with Crippen LogP contribution in [0.1, 0.15) is 0 Å². The van der Waals surface area contributed by atoms with Crippen molar-refractivity contribution in [3.63, 3.8) is 0 Å². The summed E-state index contributed by atoms with van der Waals surface area (Å²) in [5, 5.41) is 1.07. The van der Waals surface area contributed by atoms with E-state index in [4.69, 9.17) is 21.1 Å². The predicted octanol–water partition coefficient (Wildman–Crippen LogP) is 2.45. The van der Waals surface area contributed by atoms with E-state index in [0.29, 0.717) is 21.9 Å². The molecule has 0 aliphatic rings. The summed E-state index contributed by atoms with van der Waals surface area (Å²) in [4.78, 5) is 9.25. The third-order valence-corrected chi connectivity index (χ3v) is 3.05. The topological polar surface area (TPSA) is 44.2 Å². The first kappa shape index (κ1) is 16.6. The third-order valence-electron chi connectivity index (χ3n) is 2.01. The summed E-state index contributed by atoms with van der Waals surface area (Å²) >= 11 is 7.21. The zero-order chi connectivity index (χ0) is 13.0. The average molecular weight is 306 g/mol. The van der Waals surface area contributed by atoms with E-state index in [0.717, 1.165) is 4.90 Å². The first-order chi connectivity index (χ1) is 8.71. The first-order valence-corrected chi connectivity index (χ1v) is 6.23. The van der Waals surface area contributed by atoms with Crippen LogP contribution < -0.4 is 9.47 Å². The number of hydrogen-bond acceptors (Lipinski definition) is 5. The van der Waals surface area contributed by atoms with Crippen LogP contribution in [-0.4, -0.2) is 53.7 Å².